The molecular formula is C23H22F3N5O3. The number of halogens is 3. The van der Waals surface area contributed by atoms with E-state index >= 15 is 0 Å². The molecule has 178 valence electrons. The highest BCUT2D eigenvalue weighted by atomic mass is 19.4. The van der Waals surface area contributed by atoms with Gasteiger partial charge in [0.2, 0.25) is 5.95 Å². The molecule has 2 N–H and O–H groups in total. The highest BCUT2D eigenvalue weighted by molar-refractivity contribution is 5.81. The van der Waals surface area contributed by atoms with Crippen molar-refractivity contribution in [2.24, 2.45) is 7.05 Å². The number of alkyl halides is 3. The number of methoxy groups -OCH3 is 2. The first-order chi connectivity index (χ1) is 16.3. The van der Waals surface area contributed by atoms with E-state index in [9.17, 15) is 13.2 Å². The van der Waals surface area contributed by atoms with Crippen LogP contribution in [0.1, 0.15) is 5.56 Å². The lowest BCUT2D eigenvalue weighted by atomic mass is 10.2. The van der Waals surface area contributed by atoms with Gasteiger partial charge >= 0.3 is 6.36 Å². The Kier molecular flexibility index (Phi) is 6.35. The van der Waals surface area contributed by atoms with E-state index in [0.717, 1.165) is 11.1 Å². The Morgan fingerprint density at radius 1 is 0.971 bits per heavy atom. The predicted octanol–water partition coefficient (Wildman–Crippen LogP) is 5.24. The highest BCUT2D eigenvalue weighted by Crippen LogP contribution is 2.29. The summed E-state index contributed by atoms with van der Waals surface area (Å²) in [5.74, 6) is 2.18. The molecule has 0 aliphatic carbocycles. The summed E-state index contributed by atoms with van der Waals surface area (Å²) in [7, 11) is 5.05. The van der Waals surface area contributed by atoms with Gasteiger partial charge in [0.15, 0.2) is 11.5 Å². The van der Waals surface area contributed by atoms with Gasteiger partial charge in [-0.1, -0.05) is 6.07 Å². The van der Waals surface area contributed by atoms with Crippen molar-refractivity contribution in [1.82, 2.24) is 14.5 Å². The van der Waals surface area contributed by atoms with Crippen LogP contribution in [0.2, 0.25) is 0 Å². The molecule has 2 aromatic heterocycles. The second-order valence-corrected chi connectivity index (χ2v) is 7.29. The Bertz CT molecular complexity index is 1290. The zero-order valence-electron chi connectivity index (χ0n) is 18.6. The van der Waals surface area contributed by atoms with Gasteiger partial charge in [-0.2, -0.15) is 0 Å². The number of fused-ring (bicyclic) bond motifs is 1. The van der Waals surface area contributed by atoms with E-state index in [0.29, 0.717) is 41.0 Å². The average Bonchev–Trinajstić information content (AvgIpc) is 3.12. The van der Waals surface area contributed by atoms with Crippen LogP contribution in [0.3, 0.4) is 0 Å². The van der Waals surface area contributed by atoms with Crippen LogP contribution >= 0.6 is 0 Å². The molecular weight excluding hydrogens is 451 g/mol. The second kappa shape index (κ2) is 9.38. The van der Waals surface area contributed by atoms with Gasteiger partial charge in [0, 0.05) is 25.3 Å². The summed E-state index contributed by atoms with van der Waals surface area (Å²) in [5, 5.41) is 6.37. The van der Waals surface area contributed by atoms with Crippen molar-refractivity contribution >= 4 is 28.5 Å². The van der Waals surface area contributed by atoms with Crippen LogP contribution in [0.4, 0.5) is 30.6 Å². The van der Waals surface area contributed by atoms with Gasteiger partial charge in [-0.3, -0.25) is 0 Å². The van der Waals surface area contributed by atoms with Crippen LogP contribution in [0, 0.1) is 0 Å². The molecule has 0 spiro atoms. The molecule has 4 rings (SSSR count). The first kappa shape index (κ1) is 23.0. The molecule has 0 amide bonds. The van der Waals surface area contributed by atoms with Crippen LogP contribution in [0.25, 0.3) is 11.0 Å². The number of hydrogen-bond donors (Lipinski definition) is 2. The third-order valence-electron chi connectivity index (χ3n) is 5.03. The lowest BCUT2D eigenvalue weighted by Crippen LogP contribution is -2.16. The Morgan fingerprint density at radius 3 is 2.38 bits per heavy atom. The number of aryl methyl sites for hydroxylation is 1. The Balaban J connectivity index is 1.47. The zero-order valence-corrected chi connectivity index (χ0v) is 18.6. The summed E-state index contributed by atoms with van der Waals surface area (Å²) in [4.78, 5) is 8.92. The standard InChI is InChI=1S/C23H22F3N5O3/c1-31-18-11-21(29-15-5-7-16(8-6-15)34-23(24,25)26)27-13-17(18)30-22(31)28-12-14-4-9-19(32-2)20(10-14)33-3/h4-11,13H,12H2,1-3H3,(H,27,29)(H,28,30). The number of nitrogens with one attached hydrogen (secondary N) is 2. The quantitative estimate of drug-likeness (QED) is 0.362. The number of imidazole rings is 1. The normalized spacial score (nSPS) is 11.4. The maximum Gasteiger partial charge on any atom is 0.573 e. The second-order valence-electron chi connectivity index (χ2n) is 7.29. The van der Waals surface area contributed by atoms with Crippen molar-refractivity contribution in [3.05, 3.63) is 60.3 Å². The van der Waals surface area contributed by atoms with Gasteiger partial charge in [-0.25, -0.2) is 9.97 Å². The highest BCUT2D eigenvalue weighted by Gasteiger charge is 2.30. The summed E-state index contributed by atoms with van der Waals surface area (Å²) in [5.41, 5.74) is 3.07. The Labute approximate surface area is 193 Å². The lowest BCUT2D eigenvalue weighted by molar-refractivity contribution is -0.274. The van der Waals surface area contributed by atoms with E-state index in [4.69, 9.17) is 9.47 Å². The van der Waals surface area contributed by atoms with Crippen molar-refractivity contribution < 1.29 is 27.4 Å². The van der Waals surface area contributed by atoms with Gasteiger partial charge in [0.1, 0.15) is 17.1 Å². The number of benzene rings is 2. The minimum absolute atomic E-state index is 0.293. The lowest BCUT2D eigenvalue weighted by Gasteiger charge is -2.11. The summed E-state index contributed by atoms with van der Waals surface area (Å²) in [6.07, 6.45) is -3.10. The molecule has 2 aromatic carbocycles. The largest absolute Gasteiger partial charge is 0.573 e. The minimum Gasteiger partial charge on any atom is -0.493 e. The van der Waals surface area contributed by atoms with E-state index in [2.05, 4.69) is 25.3 Å². The molecule has 0 aliphatic heterocycles. The number of pyridine rings is 1. The summed E-state index contributed by atoms with van der Waals surface area (Å²) < 4.78 is 53.4. The summed E-state index contributed by atoms with van der Waals surface area (Å²) in [6.45, 7) is 0.516. The molecule has 0 aliphatic rings. The first-order valence-corrected chi connectivity index (χ1v) is 10.2. The molecule has 0 saturated heterocycles. The molecule has 0 fully saturated rings. The van der Waals surface area contributed by atoms with E-state index in [1.54, 1.807) is 20.4 Å². The van der Waals surface area contributed by atoms with Crippen LogP contribution in [0.5, 0.6) is 17.2 Å². The topological polar surface area (TPSA) is 82.5 Å². The van der Waals surface area contributed by atoms with Gasteiger partial charge < -0.3 is 29.4 Å². The number of ether oxygens (including phenoxy) is 3. The number of rotatable bonds is 8. The smallest absolute Gasteiger partial charge is 0.493 e. The third kappa shape index (κ3) is 5.25. The number of aromatic nitrogens is 3. The van der Waals surface area contributed by atoms with E-state index in [1.165, 1.54) is 24.3 Å². The van der Waals surface area contributed by atoms with Crippen molar-refractivity contribution in [2.45, 2.75) is 12.9 Å². The SMILES string of the molecule is COc1ccc(CNc2nc3cnc(Nc4ccc(OC(F)(F)F)cc4)cc3n2C)cc1OC. The van der Waals surface area contributed by atoms with Crippen LogP contribution in [0.15, 0.2) is 54.7 Å². The number of nitrogens with zero attached hydrogens (tertiary/aromatic N) is 3. The summed E-state index contributed by atoms with van der Waals surface area (Å²) in [6, 6.07) is 12.9. The average molecular weight is 473 g/mol. The fourth-order valence-corrected chi connectivity index (χ4v) is 3.38. The van der Waals surface area contributed by atoms with Crippen molar-refractivity contribution in [1.29, 1.82) is 0 Å². The maximum absolute atomic E-state index is 12.3. The Morgan fingerprint density at radius 2 is 1.71 bits per heavy atom. The molecule has 0 bridgehead atoms. The molecule has 11 heteroatoms. The molecule has 2 heterocycles. The molecule has 34 heavy (non-hydrogen) atoms. The molecule has 0 saturated carbocycles. The molecule has 0 radical (unpaired) electrons. The van der Waals surface area contributed by atoms with E-state index < -0.39 is 6.36 Å². The zero-order chi connectivity index (χ0) is 24.3. The Hall–Kier alpha value is -4.15. The molecule has 4 aromatic rings. The molecule has 8 nitrogen and oxygen atoms in total. The molecule has 0 unspecified atom stereocenters. The van der Waals surface area contributed by atoms with Crippen molar-refractivity contribution in [3.8, 4) is 17.2 Å². The fraction of sp³-hybridized carbons (Fsp3) is 0.217. The van der Waals surface area contributed by atoms with E-state index in [1.807, 2.05) is 35.9 Å². The third-order valence-corrected chi connectivity index (χ3v) is 5.03. The number of anilines is 3. The minimum atomic E-state index is -4.73. The van der Waals surface area contributed by atoms with Crippen LogP contribution in [-0.2, 0) is 13.6 Å². The first-order valence-electron chi connectivity index (χ1n) is 10.2. The van der Waals surface area contributed by atoms with Gasteiger partial charge in [0.25, 0.3) is 0 Å². The number of hydrogen-bond acceptors (Lipinski definition) is 7. The monoisotopic (exact) mass is 473 g/mol. The van der Waals surface area contributed by atoms with Gasteiger partial charge in [-0.05, 0) is 42.0 Å². The maximum atomic E-state index is 12.3. The van der Waals surface area contributed by atoms with Crippen molar-refractivity contribution in [3.63, 3.8) is 0 Å². The van der Waals surface area contributed by atoms with Gasteiger partial charge in [-0.15, -0.1) is 13.2 Å². The van der Waals surface area contributed by atoms with Crippen molar-refractivity contribution in [2.75, 3.05) is 24.9 Å². The van der Waals surface area contributed by atoms with Gasteiger partial charge in [0.05, 0.1) is 25.9 Å². The fourth-order valence-electron chi connectivity index (χ4n) is 3.38. The summed E-state index contributed by atoms with van der Waals surface area (Å²) >= 11 is 0. The van der Waals surface area contributed by atoms with Crippen LogP contribution in [-0.4, -0.2) is 35.1 Å². The van der Waals surface area contributed by atoms with E-state index in [-0.39, 0.29) is 5.75 Å². The molecule has 0 atom stereocenters. The van der Waals surface area contributed by atoms with Crippen LogP contribution < -0.4 is 24.8 Å². The predicted molar refractivity (Wildman–Crippen MR) is 122 cm³/mol.